The maximum absolute atomic E-state index is 5.96. The third-order valence-corrected chi connectivity index (χ3v) is 5.16. The summed E-state index contributed by atoms with van der Waals surface area (Å²) >= 11 is 11.0. The summed E-state index contributed by atoms with van der Waals surface area (Å²) in [5.74, 6) is 0.911. The lowest BCUT2D eigenvalue weighted by atomic mass is 10.3. The molecule has 0 saturated heterocycles. The number of halogens is 2. The Labute approximate surface area is 102 Å². The van der Waals surface area contributed by atoms with E-state index < -0.39 is 0 Å². The first-order valence-electron chi connectivity index (χ1n) is 4.87. The summed E-state index contributed by atoms with van der Waals surface area (Å²) in [4.78, 5) is 1.31. The van der Waals surface area contributed by atoms with E-state index in [2.05, 4.69) is 34.2 Å². The van der Waals surface area contributed by atoms with Crippen LogP contribution < -0.4 is 5.32 Å². The first-order chi connectivity index (χ1) is 6.70. The van der Waals surface area contributed by atoms with Crippen molar-refractivity contribution >= 4 is 38.9 Å². The molecule has 0 amide bonds. The van der Waals surface area contributed by atoms with E-state index in [1.165, 1.54) is 17.7 Å². The lowest BCUT2D eigenvalue weighted by molar-refractivity contribution is 0.627. The fourth-order valence-electron chi connectivity index (χ4n) is 1.66. The van der Waals surface area contributed by atoms with E-state index >= 15 is 0 Å². The van der Waals surface area contributed by atoms with Crippen molar-refractivity contribution < 1.29 is 0 Å². The largest absolute Gasteiger partial charge is 0.309 e. The average Bonchev–Trinajstić information content (AvgIpc) is 2.85. The predicted molar refractivity (Wildman–Crippen MR) is 66.1 cm³/mol. The number of hydrogen-bond acceptors (Lipinski definition) is 2. The summed E-state index contributed by atoms with van der Waals surface area (Å²) in [5.41, 5.74) is 0. The van der Waals surface area contributed by atoms with Crippen LogP contribution in [0.15, 0.2) is 10.5 Å². The van der Waals surface area contributed by atoms with Crippen molar-refractivity contribution in [2.24, 2.45) is 5.92 Å². The van der Waals surface area contributed by atoms with Crippen LogP contribution in [0.1, 0.15) is 24.6 Å². The van der Waals surface area contributed by atoms with E-state index in [1.807, 2.05) is 0 Å². The first-order valence-corrected chi connectivity index (χ1v) is 6.86. The Hall–Kier alpha value is 0.430. The van der Waals surface area contributed by atoms with Crippen LogP contribution in [0.3, 0.4) is 0 Å². The van der Waals surface area contributed by atoms with Crippen LogP contribution >= 0.6 is 38.9 Å². The number of thiophene rings is 1. The van der Waals surface area contributed by atoms with Gasteiger partial charge in [-0.15, -0.1) is 11.3 Å². The molecule has 1 heterocycles. The maximum Gasteiger partial charge on any atom is 0.107 e. The van der Waals surface area contributed by atoms with Crippen molar-refractivity contribution in [1.29, 1.82) is 0 Å². The first kappa shape index (κ1) is 10.9. The molecule has 2 atom stereocenters. The van der Waals surface area contributed by atoms with Gasteiger partial charge in [0.1, 0.15) is 4.34 Å². The number of nitrogens with one attached hydrogen (secondary N) is 1. The van der Waals surface area contributed by atoms with Gasteiger partial charge in [-0.2, -0.15) is 0 Å². The molecule has 78 valence electrons. The molecule has 1 aromatic rings. The van der Waals surface area contributed by atoms with Crippen molar-refractivity contribution in [1.82, 2.24) is 5.32 Å². The molecule has 2 unspecified atom stereocenters. The second-order valence-electron chi connectivity index (χ2n) is 3.73. The quantitative estimate of drug-likeness (QED) is 0.883. The van der Waals surface area contributed by atoms with Crippen LogP contribution in [-0.2, 0) is 6.54 Å². The van der Waals surface area contributed by atoms with Gasteiger partial charge in [-0.05, 0) is 34.3 Å². The highest BCUT2D eigenvalue weighted by Gasteiger charge is 2.34. The van der Waals surface area contributed by atoms with Crippen LogP contribution in [0.4, 0.5) is 0 Å². The molecule has 0 spiro atoms. The Morgan fingerprint density at radius 2 is 2.50 bits per heavy atom. The van der Waals surface area contributed by atoms with E-state index in [0.717, 1.165) is 27.3 Å². The van der Waals surface area contributed by atoms with E-state index in [1.54, 1.807) is 11.3 Å². The van der Waals surface area contributed by atoms with Gasteiger partial charge in [0.15, 0.2) is 0 Å². The standard InChI is InChI=1S/C10H13BrClNS/c1-2-6-3-9(6)13-5-7-4-8(11)10(12)14-7/h4,6,9,13H,2-3,5H2,1H3. The molecule has 1 fully saturated rings. The van der Waals surface area contributed by atoms with Crippen molar-refractivity contribution in [3.05, 3.63) is 19.8 Å². The molecule has 0 radical (unpaired) electrons. The summed E-state index contributed by atoms with van der Waals surface area (Å²) in [5, 5.41) is 3.55. The molecule has 1 aliphatic carbocycles. The average molecular weight is 295 g/mol. The van der Waals surface area contributed by atoms with E-state index in [9.17, 15) is 0 Å². The highest BCUT2D eigenvalue weighted by molar-refractivity contribution is 9.10. The van der Waals surface area contributed by atoms with Crippen LogP contribution in [0, 0.1) is 5.92 Å². The molecule has 0 aliphatic heterocycles. The molecule has 2 rings (SSSR count). The summed E-state index contributed by atoms with van der Waals surface area (Å²) in [7, 11) is 0. The normalized spacial score (nSPS) is 25.4. The van der Waals surface area contributed by atoms with E-state index in [-0.39, 0.29) is 0 Å². The Morgan fingerprint density at radius 3 is 3.00 bits per heavy atom. The summed E-state index contributed by atoms with van der Waals surface area (Å²) < 4.78 is 1.87. The Kier molecular flexibility index (Phi) is 3.53. The van der Waals surface area contributed by atoms with Gasteiger partial charge >= 0.3 is 0 Å². The second kappa shape index (κ2) is 4.52. The van der Waals surface area contributed by atoms with Crippen molar-refractivity contribution in [3.8, 4) is 0 Å². The molecule has 0 aromatic carbocycles. The molecule has 14 heavy (non-hydrogen) atoms. The smallest absolute Gasteiger partial charge is 0.107 e. The zero-order valence-corrected chi connectivity index (χ0v) is 11.2. The monoisotopic (exact) mass is 293 g/mol. The Bertz CT molecular complexity index is 306. The summed E-state index contributed by atoms with van der Waals surface area (Å²) in [6, 6.07) is 2.85. The third-order valence-electron chi connectivity index (χ3n) is 2.68. The molecule has 1 aromatic heterocycles. The van der Waals surface area contributed by atoms with Crippen LogP contribution in [0.2, 0.25) is 4.34 Å². The molecular formula is C10H13BrClNS. The minimum Gasteiger partial charge on any atom is -0.309 e. The SMILES string of the molecule is CCC1CC1NCc1cc(Br)c(Cl)s1. The lowest BCUT2D eigenvalue weighted by Crippen LogP contribution is -2.16. The van der Waals surface area contributed by atoms with Gasteiger partial charge in [0.05, 0.1) is 0 Å². The topological polar surface area (TPSA) is 12.0 Å². The zero-order chi connectivity index (χ0) is 10.1. The van der Waals surface area contributed by atoms with Gasteiger partial charge in [0.2, 0.25) is 0 Å². The van der Waals surface area contributed by atoms with Gasteiger partial charge in [-0.25, -0.2) is 0 Å². The summed E-state index contributed by atoms with van der Waals surface area (Å²) in [6.07, 6.45) is 2.64. The number of rotatable bonds is 4. The molecule has 1 N–H and O–H groups in total. The zero-order valence-electron chi connectivity index (χ0n) is 8.02. The van der Waals surface area contributed by atoms with Gasteiger partial charge < -0.3 is 5.32 Å². The molecule has 1 nitrogen and oxygen atoms in total. The highest BCUT2D eigenvalue weighted by atomic mass is 79.9. The Morgan fingerprint density at radius 1 is 1.71 bits per heavy atom. The Balaban J connectivity index is 1.81. The molecule has 4 heteroatoms. The fourth-order valence-corrected chi connectivity index (χ4v) is 3.40. The van der Waals surface area contributed by atoms with Gasteiger partial charge in [0.25, 0.3) is 0 Å². The fraction of sp³-hybridized carbons (Fsp3) is 0.600. The highest BCUT2D eigenvalue weighted by Crippen LogP contribution is 2.35. The van der Waals surface area contributed by atoms with Gasteiger partial charge in [-0.1, -0.05) is 24.9 Å². The van der Waals surface area contributed by atoms with Crippen molar-refractivity contribution in [3.63, 3.8) is 0 Å². The summed E-state index contributed by atoms with van der Waals surface area (Å²) in [6.45, 7) is 3.21. The molecule has 1 saturated carbocycles. The van der Waals surface area contributed by atoms with Crippen LogP contribution in [0.25, 0.3) is 0 Å². The molecular weight excluding hydrogens is 282 g/mol. The van der Waals surface area contributed by atoms with Crippen molar-refractivity contribution in [2.75, 3.05) is 0 Å². The maximum atomic E-state index is 5.96. The van der Waals surface area contributed by atoms with Crippen molar-refractivity contribution in [2.45, 2.75) is 32.4 Å². The minimum atomic E-state index is 0.750. The predicted octanol–water partition coefficient (Wildman–Crippen LogP) is 4.05. The minimum absolute atomic E-state index is 0.750. The van der Waals surface area contributed by atoms with Crippen LogP contribution in [-0.4, -0.2) is 6.04 Å². The van der Waals surface area contributed by atoms with E-state index in [0.29, 0.717) is 0 Å². The van der Waals surface area contributed by atoms with Gasteiger partial charge in [0, 0.05) is 21.9 Å². The third kappa shape index (κ3) is 2.51. The van der Waals surface area contributed by atoms with Crippen LogP contribution in [0.5, 0.6) is 0 Å². The van der Waals surface area contributed by atoms with E-state index in [4.69, 9.17) is 11.6 Å². The lowest BCUT2D eigenvalue weighted by Gasteiger charge is -1.99. The van der Waals surface area contributed by atoms with Gasteiger partial charge in [-0.3, -0.25) is 0 Å². The number of hydrogen-bond donors (Lipinski definition) is 1. The molecule has 0 bridgehead atoms. The second-order valence-corrected chi connectivity index (χ2v) is 6.32. The molecule has 1 aliphatic rings.